The number of hydrogen-bond donors (Lipinski definition) is 2. The Kier molecular flexibility index (Phi) is 3.41. The third kappa shape index (κ3) is 2.53. The second-order valence-electron chi connectivity index (χ2n) is 7.23. The Bertz CT molecular complexity index is 647. The fraction of sp³-hybridized carbons (Fsp3) is 0.556. The second kappa shape index (κ2) is 5.34. The van der Waals surface area contributed by atoms with Gasteiger partial charge in [-0.15, -0.1) is 0 Å². The summed E-state index contributed by atoms with van der Waals surface area (Å²) in [7, 11) is 0. The summed E-state index contributed by atoms with van der Waals surface area (Å²) in [5.41, 5.74) is 6.48. The minimum atomic E-state index is -0.430. The number of carbonyl (C=O) groups is 2. The number of benzene rings is 1. The minimum absolute atomic E-state index is 0.138. The summed E-state index contributed by atoms with van der Waals surface area (Å²) in [6, 6.07) is 7.36. The topological polar surface area (TPSA) is 75.4 Å². The number of nitrogens with two attached hydrogens (primary N) is 1. The van der Waals surface area contributed by atoms with Crippen LogP contribution in [0.15, 0.2) is 24.3 Å². The van der Waals surface area contributed by atoms with Crippen LogP contribution in [0.3, 0.4) is 0 Å². The molecule has 23 heavy (non-hydrogen) atoms. The van der Waals surface area contributed by atoms with Crippen LogP contribution in [-0.2, 0) is 4.79 Å². The quantitative estimate of drug-likeness (QED) is 0.892. The molecule has 1 saturated heterocycles. The molecule has 3 fully saturated rings. The van der Waals surface area contributed by atoms with Crippen LogP contribution in [0.1, 0.15) is 60.6 Å². The molecule has 0 aromatic heterocycles. The predicted molar refractivity (Wildman–Crippen MR) is 86.5 cm³/mol. The van der Waals surface area contributed by atoms with Crippen molar-refractivity contribution in [3.8, 4) is 0 Å². The summed E-state index contributed by atoms with van der Waals surface area (Å²) in [4.78, 5) is 26.5. The molecule has 0 radical (unpaired) electrons. The molecule has 1 aromatic rings. The van der Waals surface area contributed by atoms with Gasteiger partial charge in [0, 0.05) is 12.1 Å². The maximum Gasteiger partial charge on any atom is 0.248 e. The fourth-order valence-corrected chi connectivity index (χ4v) is 4.02. The number of nitrogens with one attached hydrogen (secondary N) is 1. The van der Waals surface area contributed by atoms with Gasteiger partial charge in [-0.3, -0.25) is 14.9 Å². The highest BCUT2D eigenvalue weighted by Crippen LogP contribution is 2.43. The van der Waals surface area contributed by atoms with Crippen molar-refractivity contribution in [1.29, 1.82) is 0 Å². The molecule has 1 aromatic carbocycles. The highest BCUT2D eigenvalue weighted by atomic mass is 16.2. The molecule has 122 valence electrons. The number of hydrogen-bond acceptors (Lipinski definition) is 3. The first kappa shape index (κ1) is 14.7. The Morgan fingerprint density at radius 1 is 1.30 bits per heavy atom. The van der Waals surface area contributed by atoms with Crippen LogP contribution in [0, 0.1) is 5.92 Å². The monoisotopic (exact) mass is 313 g/mol. The van der Waals surface area contributed by atoms with Crippen LogP contribution >= 0.6 is 0 Å². The standard InChI is InChI=1S/C18H23N3O2/c19-15(22)13-4-3-5-14(10-13)16-20-18(8-1-2-9-18)17(23)21(16)11-12-6-7-12/h3-5,10,12,16,20H,1-2,6-9,11H2,(H2,19,22)/t16-/m0/s1. The molecule has 3 N–H and O–H groups in total. The van der Waals surface area contributed by atoms with Crippen molar-refractivity contribution in [2.75, 3.05) is 6.54 Å². The van der Waals surface area contributed by atoms with Crippen LogP contribution in [0.25, 0.3) is 0 Å². The van der Waals surface area contributed by atoms with E-state index in [4.69, 9.17) is 5.73 Å². The molecule has 2 amide bonds. The van der Waals surface area contributed by atoms with Gasteiger partial charge in [0.15, 0.2) is 0 Å². The zero-order valence-electron chi connectivity index (χ0n) is 13.3. The molecule has 2 saturated carbocycles. The molecule has 5 nitrogen and oxygen atoms in total. The maximum absolute atomic E-state index is 13.1. The highest BCUT2D eigenvalue weighted by molar-refractivity contribution is 5.93. The van der Waals surface area contributed by atoms with Gasteiger partial charge in [0.25, 0.3) is 0 Å². The van der Waals surface area contributed by atoms with Crippen molar-refractivity contribution < 1.29 is 9.59 Å². The summed E-state index contributed by atoms with van der Waals surface area (Å²) in [5, 5.41) is 3.61. The minimum Gasteiger partial charge on any atom is -0.366 e. The largest absolute Gasteiger partial charge is 0.366 e. The number of amides is 2. The summed E-state index contributed by atoms with van der Waals surface area (Å²) in [5.74, 6) is 0.455. The first-order valence-corrected chi connectivity index (χ1v) is 8.58. The van der Waals surface area contributed by atoms with Crippen LogP contribution in [0.2, 0.25) is 0 Å². The predicted octanol–water partition coefficient (Wildman–Crippen LogP) is 1.94. The van der Waals surface area contributed by atoms with Crippen LogP contribution in [0.5, 0.6) is 0 Å². The molecule has 1 atom stereocenters. The number of primary amides is 1. The van der Waals surface area contributed by atoms with E-state index in [-0.39, 0.29) is 17.6 Å². The van der Waals surface area contributed by atoms with Crippen molar-refractivity contribution in [2.45, 2.75) is 50.2 Å². The van der Waals surface area contributed by atoms with Crippen molar-refractivity contribution >= 4 is 11.8 Å². The van der Waals surface area contributed by atoms with E-state index in [1.54, 1.807) is 6.07 Å². The SMILES string of the molecule is NC(=O)c1cccc([C@H]2NC3(CCCC3)C(=O)N2CC2CC2)c1. The van der Waals surface area contributed by atoms with E-state index >= 15 is 0 Å². The lowest BCUT2D eigenvalue weighted by atomic mass is 9.98. The van der Waals surface area contributed by atoms with E-state index in [9.17, 15) is 9.59 Å². The molecule has 1 heterocycles. The normalized spacial score (nSPS) is 26.2. The van der Waals surface area contributed by atoms with E-state index in [0.29, 0.717) is 11.5 Å². The van der Waals surface area contributed by atoms with Gasteiger partial charge >= 0.3 is 0 Å². The molecule has 4 rings (SSSR count). The Balaban J connectivity index is 1.68. The molecule has 2 aliphatic carbocycles. The van der Waals surface area contributed by atoms with E-state index in [0.717, 1.165) is 37.8 Å². The Hall–Kier alpha value is -1.88. The summed E-state index contributed by atoms with van der Waals surface area (Å²) < 4.78 is 0. The van der Waals surface area contributed by atoms with E-state index in [1.165, 1.54) is 12.8 Å². The zero-order valence-corrected chi connectivity index (χ0v) is 13.3. The first-order valence-electron chi connectivity index (χ1n) is 8.58. The second-order valence-corrected chi connectivity index (χ2v) is 7.23. The molecule has 1 aliphatic heterocycles. The van der Waals surface area contributed by atoms with E-state index in [1.807, 2.05) is 23.1 Å². The lowest BCUT2D eigenvalue weighted by Crippen LogP contribution is -2.44. The number of carbonyl (C=O) groups excluding carboxylic acids is 2. The average Bonchev–Trinajstić information content (AvgIpc) is 3.18. The zero-order chi connectivity index (χ0) is 16.0. The lowest BCUT2D eigenvalue weighted by Gasteiger charge is -2.24. The molecular formula is C18H23N3O2. The maximum atomic E-state index is 13.1. The molecule has 0 bridgehead atoms. The molecule has 1 spiro atoms. The van der Waals surface area contributed by atoms with Gasteiger partial charge in [-0.25, -0.2) is 0 Å². The average molecular weight is 313 g/mol. The first-order chi connectivity index (χ1) is 11.1. The summed E-state index contributed by atoms with van der Waals surface area (Å²) in [6.45, 7) is 0.819. The van der Waals surface area contributed by atoms with Gasteiger partial charge in [-0.1, -0.05) is 25.0 Å². The van der Waals surface area contributed by atoms with Crippen LogP contribution < -0.4 is 11.1 Å². The van der Waals surface area contributed by atoms with Gasteiger partial charge in [0.2, 0.25) is 11.8 Å². The van der Waals surface area contributed by atoms with Crippen LogP contribution in [-0.4, -0.2) is 28.8 Å². The van der Waals surface area contributed by atoms with Gasteiger partial charge < -0.3 is 10.6 Å². The summed E-state index contributed by atoms with van der Waals surface area (Å²) in [6.07, 6.45) is 6.32. The van der Waals surface area contributed by atoms with Crippen molar-refractivity contribution in [1.82, 2.24) is 10.2 Å². The lowest BCUT2D eigenvalue weighted by molar-refractivity contribution is -0.133. The van der Waals surface area contributed by atoms with E-state index < -0.39 is 5.91 Å². The molecule has 0 unspecified atom stereocenters. The van der Waals surface area contributed by atoms with Crippen LogP contribution in [0.4, 0.5) is 0 Å². The third-order valence-electron chi connectivity index (χ3n) is 5.49. The van der Waals surface area contributed by atoms with E-state index in [2.05, 4.69) is 5.32 Å². The Morgan fingerprint density at radius 2 is 2.04 bits per heavy atom. The molecule has 3 aliphatic rings. The van der Waals surface area contributed by atoms with Gasteiger partial charge in [0.05, 0.1) is 5.54 Å². The molecule has 5 heteroatoms. The Morgan fingerprint density at radius 3 is 2.70 bits per heavy atom. The van der Waals surface area contributed by atoms with Crippen molar-refractivity contribution in [3.63, 3.8) is 0 Å². The smallest absolute Gasteiger partial charge is 0.248 e. The van der Waals surface area contributed by atoms with Crippen molar-refractivity contribution in [3.05, 3.63) is 35.4 Å². The molecular weight excluding hydrogens is 290 g/mol. The van der Waals surface area contributed by atoms with Gasteiger partial charge in [-0.05, 0) is 49.3 Å². The Labute approximate surface area is 136 Å². The number of nitrogens with zero attached hydrogens (tertiary/aromatic N) is 1. The van der Waals surface area contributed by atoms with Crippen molar-refractivity contribution in [2.24, 2.45) is 11.7 Å². The fourth-order valence-electron chi connectivity index (χ4n) is 4.02. The third-order valence-corrected chi connectivity index (χ3v) is 5.49. The number of rotatable bonds is 4. The van der Waals surface area contributed by atoms with Gasteiger partial charge in [0.1, 0.15) is 6.17 Å². The summed E-state index contributed by atoms with van der Waals surface area (Å²) >= 11 is 0. The highest BCUT2D eigenvalue weighted by Gasteiger charge is 2.53. The van der Waals surface area contributed by atoms with Gasteiger partial charge in [-0.2, -0.15) is 0 Å².